The third-order valence-corrected chi connectivity index (χ3v) is 6.61. The zero-order valence-corrected chi connectivity index (χ0v) is 18.9. The van der Waals surface area contributed by atoms with Gasteiger partial charge < -0.3 is 10.2 Å². The Bertz CT molecular complexity index is 892. The minimum atomic E-state index is 0.000998. The minimum absolute atomic E-state index is 0.000998. The molecule has 1 saturated heterocycles. The van der Waals surface area contributed by atoms with Crippen molar-refractivity contribution < 1.29 is 9.59 Å². The fraction of sp³-hybridized carbons (Fsp3) is 0.417. The van der Waals surface area contributed by atoms with Crippen LogP contribution in [0.1, 0.15) is 23.6 Å². The van der Waals surface area contributed by atoms with Crippen molar-refractivity contribution in [1.82, 2.24) is 9.80 Å². The molecule has 160 valence electrons. The summed E-state index contributed by atoms with van der Waals surface area (Å²) in [5, 5.41) is 3.03. The predicted molar refractivity (Wildman–Crippen MR) is 124 cm³/mol. The summed E-state index contributed by atoms with van der Waals surface area (Å²) in [4.78, 5) is 30.2. The van der Waals surface area contributed by atoms with E-state index in [0.717, 1.165) is 35.7 Å². The summed E-state index contributed by atoms with van der Waals surface area (Å²) in [7, 11) is 0. The maximum absolute atomic E-state index is 12.6. The van der Waals surface area contributed by atoms with Crippen LogP contribution < -0.4 is 5.32 Å². The average molecular weight is 426 g/mol. The first-order valence-corrected chi connectivity index (χ1v) is 11.5. The predicted octanol–water partition coefficient (Wildman–Crippen LogP) is 3.74. The van der Waals surface area contributed by atoms with Crippen LogP contribution in [0.3, 0.4) is 0 Å². The Hall–Kier alpha value is -2.31. The fourth-order valence-corrected chi connectivity index (χ4v) is 4.60. The molecule has 0 radical (unpaired) electrons. The highest BCUT2D eigenvalue weighted by molar-refractivity contribution is 8.00. The van der Waals surface area contributed by atoms with E-state index in [0.29, 0.717) is 25.4 Å². The summed E-state index contributed by atoms with van der Waals surface area (Å²) in [5.41, 5.74) is 4.49. The van der Waals surface area contributed by atoms with Gasteiger partial charge in [0.25, 0.3) is 0 Å². The Labute approximate surface area is 183 Å². The van der Waals surface area contributed by atoms with Crippen LogP contribution in [0.15, 0.2) is 47.4 Å². The van der Waals surface area contributed by atoms with E-state index in [1.54, 1.807) is 11.8 Å². The monoisotopic (exact) mass is 425 g/mol. The van der Waals surface area contributed by atoms with Gasteiger partial charge in [-0.1, -0.05) is 42.8 Å². The van der Waals surface area contributed by atoms with Crippen LogP contribution in [0.4, 0.5) is 5.69 Å². The van der Waals surface area contributed by atoms with Gasteiger partial charge in [-0.05, 0) is 43.5 Å². The highest BCUT2D eigenvalue weighted by Crippen LogP contribution is 2.23. The Morgan fingerprint density at radius 3 is 2.47 bits per heavy atom. The molecule has 3 rings (SSSR count). The van der Waals surface area contributed by atoms with Crippen LogP contribution >= 0.6 is 11.8 Å². The summed E-state index contributed by atoms with van der Waals surface area (Å²) in [5.74, 6) is 0.625. The molecule has 6 heteroatoms. The lowest BCUT2D eigenvalue weighted by Crippen LogP contribution is -2.50. The van der Waals surface area contributed by atoms with E-state index in [9.17, 15) is 9.59 Å². The van der Waals surface area contributed by atoms with Crippen LogP contribution in [0.25, 0.3) is 0 Å². The molecule has 2 aromatic rings. The van der Waals surface area contributed by atoms with E-state index in [2.05, 4.69) is 49.2 Å². The number of benzene rings is 2. The first-order chi connectivity index (χ1) is 14.5. The number of hydrogen-bond acceptors (Lipinski definition) is 4. The zero-order chi connectivity index (χ0) is 21.5. The van der Waals surface area contributed by atoms with Crippen LogP contribution in [-0.2, 0) is 16.0 Å². The molecule has 2 amide bonds. The number of hydrogen-bond donors (Lipinski definition) is 1. The Balaban J connectivity index is 1.42. The number of para-hydroxylation sites is 1. The van der Waals surface area contributed by atoms with E-state index >= 15 is 0 Å². The molecule has 0 aliphatic carbocycles. The van der Waals surface area contributed by atoms with Crippen molar-refractivity contribution in [3.8, 4) is 0 Å². The topological polar surface area (TPSA) is 52.7 Å². The van der Waals surface area contributed by atoms with Crippen LogP contribution in [0.5, 0.6) is 0 Å². The zero-order valence-electron chi connectivity index (χ0n) is 18.1. The Morgan fingerprint density at radius 2 is 1.77 bits per heavy atom. The molecule has 1 aliphatic heterocycles. The van der Waals surface area contributed by atoms with Gasteiger partial charge in [0.05, 0.1) is 12.3 Å². The summed E-state index contributed by atoms with van der Waals surface area (Å²) >= 11 is 1.60. The lowest BCUT2D eigenvalue weighted by molar-refractivity contribution is -0.130. The van der Waals surface area contributed by atoms with Crippen molar-refractivity contribution in [3.05, 3.63) is 59.2 Å². The molecule has 0 unspecified atom stereocenters. The average Bonchev–Trinajstić information content (AvgIpc) is 2.74. The molecule has 1 fully saturated rings. The molecule has 5 nitrogen and oxygen atoms in total. The smallest absolute Gasteiger partial charge is 0.238 e. The molecule has 0 atom stereocenters. The van der Waals surface area contributed by atoms with Crippen LogP contribution in [0, 0.1) is 13.8 Å². The number of anilines is 1. The number of thioether (sulfide) groups is 1. The number of rotatable bonds is 7. The van der Waals surface area contributed by atoms with Gasteiger partial charge in [-0.25, -0.2) is 0 Å². The molecule has 0 saturated carbocycles. The number of amides is 2. The minimum Gasteiger partial charge on any atom is -0.339 e. The van der Waals surface area contributed by atoms with Crippen molar-refractivity contribution in [2.24, 2.45) is 0 Å². The molecule has 2 aromatic carbocycles. The van der Waals surface area contributed by atoms with E-state index < -0.39 is 0 Å². The second-order valence-electron chi connectivity index (χ2n) is 7.77. The van der Waals surface area contributed by atoms with E-state index in [4.69, 9.17) is 0 Å². The summed E-state index contributed by atoms with van der Waals surface area (Å²) in [6.45, 7) is 9.40. The summed E-state index contributed by atoms with van der Waals surface area (Å²) in [6, 6.07) is 14.2. The third-order valence-electron chi connectivity index (χ3n) is 5.45. The lowest BCUT2D eigenvalue weighted by atomic mass is 10.1. The van der Waals surface area contributed by atoms with Crippen molar-refractivity contribution in [2.45, 2.75) is 32.1 Å². The first kappa shape index (κ1) is 22.4. The highest BCUT2D eigenvalue weighted by atomic mass is 32.2. The molecule has 0 aromatic heterocycles. The molecule has 1 heterocycles. The number of nitrogens with zero attached hydrogens (tertiary/aromatic N) is 2. The molecular weight excluding hydrogens is 394 g/mol. The molecule has 0 bridgehead atoms. The molecule has 1 N–H and O–H groups in total. The number of piperazine rings is 1. The number of aryl methyl sites for hydroxylation is 3. The van der Waals surface area contributed by atoms with E-state index in [1.807, 2.05) is 29.2 Å². The normalized spacial score (nSPS) is 14.6. The van der Waals surface area contributed by atoms with E-state index in [1.165, 1.54) is 11.1 Å². The summed E-state index contributed by atoms with van der Waals surface area (Å²) < 4.78 is 0. The number of carbonyl (C=O) groups is 2. The molecule has 1 aliphatic rings. The largest absolute Gasteiger partial charge is 0.339 e. The van der Waals surface area contributed by atoms with Gasteiger partial charge in [-0.3, -0.25) is 14.5 Å². The second kappa shape index (κ2) is 10.6. The Morgan fingerprint density at radius 1 is 1.03 bits per heavy atom. The van der Waals surface area contributed by atoms with Crippen molar-refractivity contribution in [2.75, 3.05) is 43.8 Å². The van der Waals surface area contributed by atoms with Gasteiger partial charge in [-0.2, -0.15) is 0 Å². The quantitative estimate of drug-likeness (QED) is 0.687. The fourth-order valence-electron chi connectivity index (χ4n) is 3.69. The third kappa shape index (κ3) is 6.09. The maximum atomic E-state index is 12.6. The van der Waals surface area contributed by atoms with Gasteiger partial charge in [0, 0.05) is 36.8 Å². The number of nitrogens with one attached hydrogen (secondary N) is 1. The van der Waals surface area contributed by atoms with Crippen LogP contribution in [-0.4, -0.2) is 60.1 Å². The molecule has 0 spiro atoms. The van der Waals surface area contributed by atoms with Gasteiger partial charge >= 0.3 is 0 Å². The van der Waals surface area contributed by atoms with Crippen LogP contribution in [0.2, 0.25) is 0 Å². The summed E-state index contributed by atoms with van der Waals surface area (Å²) in [6.07, 6.45) is 0.886. The SMILES string of the molecule is CCc1ccccc1NC(=O)CN1CCN(C(=O)CSc2ccc(C)cc2C)CC1. The maximum Gasteiger partial charge on any atom is 0.238 e. The van der Waals surface area contributed by atoms with Crippen molar-refractivity contribution in [1.29, 1.82) is 0 Å². The van der Waals surface area contributed by atoms with Crippen molar-refractivity contribution >= 4 is 29.3 Å². The van der Waals surface area contributed by atoms with E-state index in [-0.39, 0.29) is 11.8 Å². The number of carbonyl (C=O) groups excluding carboxylic acids is 2. The van der Waals surface area contributed by atoms with Gasteiger partial charge in [-0.15, -0.1) is 11.8 Å². The second-order valence-corrected chi connectivity index (χ2v) is 8.79. The first-order valence-electron chi connectivity index (χ1n) is 10.5. The standard InChI is InChI=1S/C24H31N3O2S/c1-4-20-7-5-6-8-21(20)25-23(28)16-26-11-13-27(14-12-26)24(29)17-30-22-10-9-18(2)15-19(22)3/h5-10,15H,4,11-14,16-17H2,1-3H3,(H,25,28). The van der Waals surface area contributed by atoms with Gasteiger partial charge in [0.2, 0.25) is 11.8 Å². The van der Waals surface area contributed by atoms with Gasteiger partial charge in [0.15, 0.2) is 0 Å². The molecule has 30 heavy (non-hydrogen) atoms. The molecular formula is C24H31N3O2S. The lowest BCUT2D eigenvalue weighted by Gasteiger charge is -2.34. The Kier molecular flexibility index (Phi) is 7.94. The van der Waals surface area contributed by atoms with Crippen molar-refractivity contribution in [3.63, 3.8) is 0 Å². The van der Waals surface area contributed by atoms with Gasteiger partial charge in [0.1, 0.15) is 0 Å². The highest BCUT2D eigenvalue weighted by Gasteiger charge is 2.22.